The maximum atomic E-state index is 14.9. The topological polar surface area (TPSA) is 127 Å². The SMILES string of the molecule is COc1cccc(F)c1-c1nc(Nc2cc(N3CCC[C@H](N)C3)c(-c3cnn(C4CCOCC4)c3)cn2)ccc1C#N.Cl. The summed E-state index contributed by atoms with van der Waals surface area (Å²) in [6.45, 7) is 3.10. The van der Waals surface area contributed by atoms with Crippen molar-refractivity contribution in [3.05, 3.63) is 66.4 Å². The molecule has 0 saturated carbocycles. The molecule has 2 saturated heterocycles. The number of pyridine rings is 2. The lowest BCUT2D eigenvalue weighted by atomic mass is 10.0. The lowest BCUT2D eigenvalue weighted by molar-refractivity contribution is 0.0662. The first-order chi connectivity index (χ1) is 20.5. The second-order valence-electron chi connectivity index (χ2n) is 10.6. The Kier molecular flexibility index (Phi) is 9.40. The quantitative estimate of drug-likeness (QED) is 0.282. The van der Waals surface area contributed by atoms with Crippen molar-refractivity contribution in [2.45, 2.75) is 37.8 Å². The van der Waals surface area contributed by atoms with E-state index in [4.69, 9.17) is 20.2 Å². The van der Waals surface area contributed by atoms with Crippen LogP contribution in [-0.4, -0.2) is 59.2 Å². The lowest BCUT2D eigenvalue weighted by Crippen LogP contribution is -2.43. The van der Waals surface area contributed by atoms with Crippen LogP contribution in [0.1, 0.15) is 37.3 Å². The maximum Gasteiger partial charge on any atom is 0.136 e. The van der Waals surface area contributed by atoms with Gasteiger partial charge in [0.15, 0.2) is 0 Å². The molecule has 3 N–H and O–H groups in total. The zero-order valence-electron chi connectivity index (χ0n) is 23.9. The van der Waals surface area contributed by atoms with Crippen LogP contribution in [0.25, 0.3) is 22.4 Å². The first-order valence-electron chi connectivity index (χ1n) is 14.2. The van der Waals surface area contributed by atoms with Crippen molar-refractivity contribution in [1.82, 2.24) is 19.7 Å². The summed E-state index contributed by atoms with van der Waals surface area (Å²) >= 11 is 0. The van der Waals surface area contributed by atoms with Gasteiger partial charge in [0.25, 0.3) is 0 Å². The van der Waals surface area contributed by atoms with Crippen molar-refractivity contribution >= 4 is 29.7 Å². The first kappa shape index (κ1) is 30.2. The van der Waals surface area contributed by atoms with E-state index in [2.05, 4.69) is 32.6 Å². The Labute approximate surface area is 256 Å². The summed E-state index contributed by atoms with van der Waals surface area (Å²) in [4.78, 5) is 11.6. The molecule has 2 aliphatic heterocycles. The number of hydrogen-bond donors (Lipinski definition) is 2. The largest absolute Gasteiger partial charge is 0.496 e. The molecule has 0 bridgehead atoms. The summed E-state index contributed by atoms with van der Waals surface area (Å²) in [6, 6.07) is 12.3. The van der Waals surface area contributed by atoms with Crippen molar-refractivity contribution in [1.29, 1.82) is 5.26 Å². The standard InChI is InChI=1S/C31H33FN8O2.ClH/c1-41-27-6-2-5-25(32)30(27)31-20(15-33)7-8-28(38-31)37-29-14-26(39-11-3-4-22(34)19-39)24(17-35-29)21-16-36-40(18-21)23-9-12-42-13-10-23;/h2,5-8,14,16-18,22-23H,3-4,9-13,19,34H2,1H3,(H,35,37,38);1H/t22-;/m0./s1. The highest BCUT2D eigenvalue weighted by Crippen LogP contribution is 2.37. The molecule has 3 aromatic heterocycles. The zero-order valence-corrected chi connectivity index (χ0v) is 24.7. The normalized spacial score (nSPS) is 17.2. The number of benzene rings is 1. The van der Waals surface area contributed by atoms with Gasteiger partial charge in [0, 0.05) is 67.6 Å². The van der Waals surface area contributed by atoms with Gasteiger partial charge in [-0.3, -0.25) is 4.68 Å². The fraction of sp³-hybridized carbons (Fsp3) is 0.355. The minimum Gasteiger partial charge on any atom is -0.496 e. The van der Waals surface area contributed by atoms with Crippen LogP contribution in [0.15, 0.2) is 55.0 Å². The van der Waals surface area contributed by atoms with Gasteiger partial charge in [-0.2, -0.15) is 10.4 Å². The van der Waals surface area contributed by atoms with E-state index in [0.29, 0.717) is 23.4 Å². The summed E-state index contributed by atoms with van der Waals surface area (Å²) in [6.07, 6.45) is 9.68. The van der Waals surface area contributed by atoms with Crippen molar-refractivity contribution in [2.24, 2.45) is 5.73 Å². The van der Waals surface area contributed by atoms with Gasteiger partial charge in [0.05, 0.1) is 36.2 Å². The molecule has 2 aliphatic rings. The third kappa shape index (κ3) is 6.41. The fourth-order valence-corrected chi connectivity index (χ4v) is 5.70. The van der Waals surface area contributed by atoms with Gasteiger partial charge >= 0.3 is 0 Å². The van der Waals surface area contributed by atoms with E-state index in [-0.39, 0.29) is 35.3 Å². The summed E-state index contributed by atoms with van der Waals surface area (Å²) in [5, 5.41) is 17.7. The lowest BCUT2D eigenvalue weighted by Gasteiger charge is -2.34. The Bertz CT molecular complexity index is 1620. The summed E-state index contributed by atoms with van der Waals surface area (Å²) in [7, 11) is 1.46. The summed E-state index contributed by atoms with van der Waals surface area (Å²) in [5.74, 6) is 0.753. The van der Waals surface area contributed by atoms with E-state index in [9.17, 15) is 9.65 Å². The molecule has 0 unspecified atom stereocenters. The van der Waals surface area contributed by atoms with Crippen molar-refractivity contribution in [2.75, 3.05) is 43.6 Å². The predicted octanol–water partition coefficient (Wildman–Crippen LogP) is 5.47. The number of nitriles is 1. The molecule has 0 radical (unpaired) electrons. The molecule has 1 atom stereocenters. The molecule has 12 heteroatoms. The predicted molar refractivity (Wildman–Crippen MR) is 165 cm³/mol. The number of halogens is 2. The number of rotatable bonds is 7. The highest BCUT2D eigenvalue weighted by atomic mass is 35.5. The van der Waals surface area contributed by atoms with Crippen molar-refractivity contribution in [3.63, 3.8) is 0 Å². The summed E-state index contributed by atoms with van der Waals surface area (Å²) in [5.41, 5.74) is 9.88. The Morgan fingerprint density at radius 3 is 2.74 bits per heavy atom. The van der Waals surface area contributed by atoms with Crippen LogP contribution in [0.5, 0.6) is 5.75 Å². The number of anilines is 3. The average molecular weight is 605 g/mol. The molecular weight excluding hydrogens is 571 g/mol. The van der Waals surface area contributed by atoms with E-state index in [1.807, 2.05) is 23.1 Å². The van der Waals surface area contributed by atoms with Gasteiger partial charge in [0.2, 0.25) is 0 Å². The van der Waals surface area contributed by atoms with Crippen LogP contribution in [0.4, 0.5) is 21.7 Å². The number of nitrogens with one attached hydrogen (secondary N) is 1. The molecule has 0 spiro atoms. The molecule has 10 nitrogen and oxygen atoms in total. The van der Waals surface area contributed by atoms with Gasteiger partial charge in [-0.15, -0.1) is 12.4 Å². The van der Waals surface area contributed by atoms with Crippen LogP contribution in [0.3, 0.4) is 0 Å². The highest BCUT2D eigenvalue weighted by molar-refractivity contribution is 5.85. The smallest absolute Gasteiger partial charge is 0.136 e. The number of hydrogen-bond acceptors (Lipinski definition) is 9. The number of piperidine rings is 1. The number of nitrogens with two attached hydrogens (primary N) is 1. The van der Waals surface area contributed by atoms with Crippen LogP contribution in [-0.2, 0) is 4.74 Å². The van der Waals surface area contributed by atoms with Crippen LogP contribution in [0.2, 0.25) is 0 Å². The van der Waals surface area contributed by atoms with Crippen LogP contribution < -0.4 is 20.7 Å². The first-order valence-corrected chi connectivity index (χ1v) is 14.2. The number of methoxy groups -OCH3 is 1. The molecule has 4 aromatic rings. The van der Waals surface area contributed by atoms with E-state index in [1.54, 1.807) is 24.3 Å². The van der Waals surface area contributed by atoms with Gasteiger partial charge in [-0.25, -0.2) is 14.4 Å². The number of ether oxygens (including phenoxy) is 2. The second kappa shape index (κ2) is 13.4. The maximum absolute atomic E-state index is 14.9. The van der Waals surface area contributed by atoms with Crippen molar-refractivity contribution < 1.29 is 13.9 Å². The van der Waals surface area contributed by atoms with Gasteiger partial charge in [0.1, 0.15) is 29.3 Å². The van der Waals surface area contributed by atoms with Crippen LogP contribution >= 0.6 is 12.4 Å². The molecule has 0 aliphatic carbocycles. The molecular formula is C31H34ClFN8O2. The van der Waals surface area contributed by atoms with E-state index in [1.165, 1.54) is 13.2 Å². The third-order valence-corrected chi connectivity index (χ3v) is 7.86. The van der Waals surface area contributed by atoms with E-state index < -0.39 is 5.82 Å². The molecule has 43 heavy (non-hydrogen) atoms. The minimum absolute atomic E-state index is 0. The number of aromatic nitrogens is 4. The van der Waals surface area contributed by atoms with E-state index >= 15 is 0 Å². The molecule has 0 amide bonds. The Morgan fingerprint density at radius 2 is 1.98 bits per heavy atom. The zero-order chi connectivity index (χ0) is 29.1. The fourth-order valence-electron chi connectivity index (χ4n) is 5.70. The number of nitrogens with zero attached hydrogens (tertiary/aromatic N) is 6. The van der Waals surface area contributed by atoms with Gasteiger partial charge < -0.3 is 25.4 Å². The second-order valence-corrected chi connectivity index (χ2v) is 10.6. The van der Waals surface area contributed by atoms with E-state index in [0.717, 1.165) is 68.8 Å². The average Bonchev–Trinajstić information content (AvgIpc) is 3.52. The molecule has 1 aromatic carbocycles. The molecule has 5 heterocycles. The third-order valence-electron chi connectivity index (χ3n) is 7.86. The molecule has 224 valence electrons. The Hall–Kier alpha value is -4.24. The van der Waals surface area contributed by atoms with Crippen LogP contribution in [0, 0.1) is 17.1 Å². The minimum atomic E-state index is -0.525. The van der Waals surface area contributed by atoms with Gasteiger partial charge in [-0.05, 0) is 49.9 Å². The summed E-state index contributed by atoms with van der Waals surface area (Å²) < 4.78 is 27.9. The van der Waals surface area contributed by atoms with Crippen molar-refractivity contribution in [3.8, 4) is 34.2 Å². The monoisotopic (exact) mass is 604 g/mol. The Morgan fingerprint density at radius 1 is 1.14 bits per heavy atom. The Balaban J connectivity index is 0.00000368. The molecule has 6 rings (SSSR count). The highest BCUT2D eigenvalue weighted by Gasteiger charge is 2.23. The molecule has 2 fully saturated rings. The van der Waals surface area contributed by atoms with Gasteiger partial charge in [-0.1, -0.05) is 6.07 Å².